The van der Waals surface area contributed by atoms with Crippen LogP contribution in [0.25, 0.3) is 0 Å². The van der Waals surface area contributed by atoms with E-state index in [9.17, 15) is 14.4 Å². The second-order valence-corrected chi connectivity index (χ2v) is 6.61. The molecule has 0 radical (unpaired) electrons. The second-order valence-electron chi connectivity index (χ2n) is 6.61. The van der Waals surface area contributed by atoms with Gasteiger partial charge in [-0.1, -0.05) is 13.8 Å². The van der Waals surface area contributed by atoms with Crippen molar-refractivity contribution in [1.82, 2.24) is 0 Å². The molecule has 1 heterocycles. The average Bonchev–Trinajstić information content (AvgIpc) is 2.90. The fourth-order valence-electron chi connectivity index (χ4n) is 3.05. The van der Waals surface area contributed by atoms with Crippen molar-refractivity contribution >= 4 is 29.2 Å². The molecular formula is C18H18N2O5. The van der Waals surface area contributed by atoms with Crippen molar-refractivity contribution in [1.29, 1.82) is 0 Å². The first-order valence-electron chi connectivity index (χ1n) is 7.79. The van der Waals surface area contributed by atoms with Gasteiger partial charge in [-0.2, -0.15) is 0 Å². The first kappa shape index (κ1) is 16.8. The fourth-order valence-corrected chi connectivity index (χ4v) is 3.05. The van der Waals surface area contributed by atoms with Crippen LogP contribution in [0.2, 0.25) is 0 Å². The largest absolute Gasteiger partial charge is 0.481 e. The van der Waals surface area contributed by atoms with E-state index < -0.39 is 23.2 Å². The van der Waals surface area contributed by atoms with Crippen molar-refractivity contribution in [2.75, 3.05) is 10.6 Å². The van der Waals surface area contributed by atoms with Crippen LogP contribution in [0.3, 0.4) is 0 Å². The number of furan rings is 1. The van der Waals surface area contributed by atoms with Gasteiger partial charge in [0.1, 0.15) is 0 Å². The topological polar surface area (TPSA) is 109 Å². The van der Waals surface area contributed by atoms with E-state index in [1.165, 1.54) is 6.26 Å². The molecule has 2 aromatic rings. The molecule has 25 heavy (non-hydrogen) atoms. The average molecular weight is 342 g/mol. The molecule has 1 fully saturated rings. The number of hydrogen-bond acceptors (Lipinski definition) is 4. The van der Waals surface area contributed by atoms with Crippen LogP contribution >= 0.6 is 0 Å². The summed E-state index contributed by atoms with van der Waals surface area (Å²) in [6, 6.07) is 9.74. The van der Waals surface area contributed by atoms with Gasteiger partial charge in [-0.25, -0.2) is 0 Å². The second kappa shape index (κ2) is 6.08. The number of amides is 2. The minimum Gasteiger partial charge on any atom is -0.481 e. The maximum atomic E-state index is 12.3. The van der Waals surface area contributed by atoms with Crippen LogP contribution in [0, 0.1) is 17.3 Å². The summed E-state index contributed by atoms with van der Waals surface area (Å²) in [5, 5.41) is 14.5. The zero-order chi connectivity index (χ0) is 18.2. The highest BCUT2D eigenvalue weighted by Gasteiger charge is 2.65. The molecule has 3 rings (SSSR count). The van der Waals surface area contributed by atoms with Gasteiger partial charge < -0.3 is 20.2 Å². The molecule has 0 saturated heterocycles. The number of carboxylic acid groups (broad SMARTS) is 1. The molecule has 0 aliphatic heterocycles. The third-order valence-electron chi connectivity index (χ3n) is 4.53. The maximum absolute atomic E-state index is 12.3. The van der Waals surface area contributed by atoms with Gasteiger partial charge in [0.25, 0.3) is 5.91 Å². The number of anilines is 2. The van der Waals surface area contributed by atoms with Crippen molar-refractivity contribution in [2.24, 2.45) is 17.3 Å². The predicted octanol–water partition coefficient (Wildman–Crippen LogP) is 2.83. The van der Waals surface area contributed by atoms with Crippen molar-refractivity contribution in [3.05, 3.63) is 48.4 Å². The lowest BCUT2D eigenvalue weighted by Gasteiger charge is -2.08. The molecule has 1 aromatic carbocycles. The number of carboxylic acids is 1. The zero-order valence-corrected chi connectivity index (χ0v) is 13.8. The lowest BCUT2D eigenvalue weighted by Crippen LogP contribution is -2.17. The quantitative estimate of drug-likeness (QED) is 0.774. The normalized spacial score (nSPS) is 20.6. The molecule has 2 amide bonds. The van der Waals surface area contributed by atoms with Crippen LogP contribution in [0.1, 0.15) is 24.4 Å². The van der Waals surface area contributed by atoms with E-state index >= 15 is 0 Å². The van der Waals surface area contributed by atoms with Crippen LogP contribution in [-0.2, 0) is 9.59 Å². The van der Waals surface area contributed by atoms with Crippen molar-refractivity contribution in [3.8, 4) is 0 Å². The summed E-state index contributed by atoms with van der Waals surface area (Å²) in [6.45, 7) is 3.53. The smallest absolute Gasteiger partial charge is 0.307 e. The minimum atomic E-state index is -0.957. The molecular weight excluding hydrogens is 324 g/mol. The molecule has 0 bridgehead atoms. The van der Waals surface area contributed by atoms with E-state index in [0.29, 0.717) is 11.4 Å². The number of aliphatic carboxylic acids is 1. The Hall–Kier alpha value is -3.09. The summed E-state index contributed by atoms with van der Waals surface area (Å²) >= 11 is 0. The van der Waals surface area contributed by atoms with E-state index in [4.69, 9.17) is 9.52 Å². The Labute approximate surface area is 144 Å². The molecule has 130 valence electrons. The van der Waals surface area contributed by atoms with E-state index in [0.717, 1.165) is 0 Å². The Morgan fingerprint density at radius 2 is 1.60 bits per heavy atom. The van der Waals surface area contributed by atoms with Gasteiger partial charge in [0.15, 0.2) is 5.76 Å². The number of benzene rings is 1. The summed E-state index contributed by atoms with van der Waals surface area (Å²) in [5.41, 5.74) is 0.537. The van der Waals surface area contributed by atoms with Crippen molar-refractivity contribution in [3.63, 3.8) is 0 Å². The van der Waals surface area contributed by atoms with Gasteiger partial charge in [0.05, 0.1) is 18.1 Å². The Balaban J connectivity index is 1.61. The first-order chi connectivity index (χ1) is 11.8. The highest BCUT2D eigenvalue weighted by molar-refractivity contribution is 6.03. The molecule has 1 aromatic heterocycles. The number of carbonyl (C=O) groups is 3. The molecule has 7 nitrogen and oxygen atoms in total. The first-order valence-corrected chi connectivity index (χ1v) is 7.79. The Morgan fingerprint density at radius 1 is 1.00 bits per heavy atom. The minimum absolute atomic E-state index is 0.202. The van der Waals surface area contributed by atoms with Gasteiger partial charge in [0.2, 0.25) is 5.91 Å². The molecule has 1 aliphatic rings. The Kier molecular flexibility index (Phi) is 4.08. The number of hydrogen-bond donors (Lipinski definition) is 3. The summed E-state index contributed by atoms with van der Waals surface area (Å²) in [5.74, 6) is -2.66. The van der Waals surface area contributed by atoms with E-state index in [-0.39, 0.29) is 17.6 Å². The standard InChI is InChI=1S/C18H18N2O5/c1-18(2)13(14(18)17(23)24)16(22)20-11-7-5-10(6-8-11)19-15(21)12-4-3-9-25-12/h3-9,13-14H,1-2H3,(H,19,21)(H,20,22)(H,23,24)/t13-,14-/m0/s1. The Morgan fingerprint density at radius 3 is 2.08 bits per heavy atom. The third-order valence-corrected chi connectivity index (χ3v) is 4.53. The lowest BCUT2D eigenvalue weighted by molar-refractivity contribution is -0.140. The third kappa shape index (κ3) is 3.26. The van der Waals surface area contributed by atoms with Gasteiger partial charge in [-0.05, 0) is 41.8 Å². The molecule has 1 saturated carbocycles. The van der Waals surface area contributed by atoms with Gasteiger partial charge in [0, 0.05) is 11.4 Å². The summed E-state index contributed by atoms with van der Waals surface area (Å²) in [4.78, 5) is 35.3. The molecule has 1 aliphatic carbocycles. The van der Waals surface area contributed by atoms with Crippen molar-refractivity contribution < 1.29 is 23.9 Å². The number of carbonyl (C=O) groups excluding carboxylic acids is 2. The van der Waals surface area contributed by atoms with Crippen LogP contribution in [0.5, 0.6) is 0 Å². The molecule has 2 atom stereocenters. The van der Waals surface area contributed by atoms with E-state index in [2.05, 4.69) is 10.6 Å². The fraction of sp³-hybridized carbons (Fsp3) is 0.278. The van der Waals surface area contributed by atoms with Crippen molar-refractivity contribution in [2.45, 2.75) is 13.8 Å². The summed E-state index contributed by atoms with van der Waals surface area (Å²) in [7, 11) is 0. The maximum Gasteiger partial charge on any atom is 0.307 e. The lowest BCUT2D eigenvalue weighted by atomic mass is 10.1. The monoisotopic (exact) mass is 342 g/mol. The van der Waals surface area contributed by atoms with Crippen LogP contribution < -0.4 is 10.6 Å². The van der Waals surface area contributed by atoms with Crippen LogP contribution in [-0.4, -0.2) is 22.9 Å². The number of rotatable bonds is 5. The molecule has 0 spiro atoms. The van der Waals surface area contributed by atoms with Crippen LogP contribution in [0.4, 0.5) is 11.4 Å². The summed E-state index contributed by atoms with van der Waals surface area (Å²) < 4.78 is 5.01. The van der Waals surface area contributed by atoms with Gasteiger partial charge in [-0.15, -0.1) is 0 Å². The number of nitrogens with one attached hydrogen (secondary N) is 2. The van der Waals surface area contributed by atoms with Gasteiger partial charge >= 0.3 is 5.97 Å². The highest BCUT2D eigenvalue weighted by Crippen LogP contribution is 2.58. The zero-order valence-electron chi connectivity index (χ0n) is 13.8. The Bertz CT molecular complexity index is 809. The van der Waals surface area contributed by atoms with E-state index in [1.807, 2.05) is 0 Å². The molecule has 7 heteroatoms. The van der Waals surface area contributed by atoms with Crippen LogP contribution in [0.15, 0.2) is 47.1 Å². The highest BCUT2D eigenvalue weighted by atomic mass is 16.4. The van der Waals surface area contributed by atoms with E-state index in [1.54, 1.807) is 50.2 Å². The predicted molar refractivity (Wildman–Crippen MR) is 90.1 cm³/mol. The summed E-state index contributed by atoms with van der Waals surface area (Å²) in [6.07, 6.45) is 1.41. The molecule has 3 N–H and O–H groups in total. The van der Waals surface area contributed by atoms with Gasteiger partial charge in [-0.3, -0.25) is 14.4 Å². The SMILES string of the molecule is CC1(C)[C@H](C(=O)O)[C@H]1C(=O)Nc1ccc(NC(=O)c2ccco2)cc1. The molecule has 0 unspecified atom stereocenters.